The van der Waals surface area contributed by atoms with Crippen molar-refractivity contribution in [3.63, 3.8) is 0 Å². The van der Waals surface area contributed by atoms with E-state index in [1.54, 1.807) is 6.20 Å². The summed E-state index contributed by atoms with van der Waals surface area (Å²) in [5.74, 6) is 0.527. The second kappa shape index (κ2) is 5.93. The molecule has 1 aliphatic rings. The van der Waals surface area contributed by atoms with Gasteiger partial charge in [-0.3, -0.25) is 0 Å². The standard InChI is InChI=1S/C17H23N5/c1-4-14-17(18)20-9-16(21-14)12-7-11-5-6-22(3)10-13(11)15(8-12)19-2/h7-9,19H,4-6,10H2,1-3H3,(H2,18,20). The largest absolute Gasteiger partial charge is 0.388 e. The first-order valence-corrected chi connectivity index (χ1v) is 7.76. The molecule has 0 aliphatic carbocycles. The normalized spacial score (nSPS) is 14.7. The number of rotatable bonds is 3. The van der Waals surface area contributed by atoms with E-state index in [0.717, 1.165) is 42.9 Å². The number of anilines is 2. The summed E-state index contributed by atoms with van der Waals surface area (Å²) in [4.78, 5) is 11.3. The topological polar surface area (TPSA) is 67.1 Å². The number of likely N-dealkylation sites (N-methyl/N-ethyl adjacent to an activating group) is 1. The molecule has 0 atom stereocenters. The van der Waals surface area contributed by atoms with Crippen molar-refractivity contribution in [3.05, 3.63) is 35.2 Å². The van der Waals surface area contributed by atoms with Crippen LogP contribution in [0, 0.1) is 0 Å². The van der Waals surface area contributed by atoms with Crippen LogP contribution in [0.2, 0.25) is 0 Å². The number of fused-ring (bicyclic) bond motifs is 1. The lowest BCUT2D eigenvalue weighted by molar-refractivity contribution is 0.313. The summed E-state index contributed by atoms with van der Waals surface area (Å²) >= 11 is 0. The van der Waals surface area contributed by atoms with Crippen molar-refractivity contribution in [2.24, 2.45) is 0 Å². The Hall–Kier alpha value is -2.14. The lowest BCUT2D eigenvalue weighted by Gasteiger charge is -2.27. The molecular weight excluding hydrogens is 274 g/mol. The van der Waals surface area contributed by atoms with E-state index in [4.69, 9.17) is 5.73 Å². The second-order valence-corrected chi connectivity index (χ2v) is 5.84. The minimum Gasteiger partial charge on any atom is -0.388 e. The van der Waals surface area contributed by atoms with E-state index in [9.17, 15) is 0 Å². The minimum atomic E-state index is 0.527. The SMILES string of the molecule is CCc1nc(-c2cc3c(c(NC)c2)CN(C)CC3)cnc1N. The third-order valence-corrected chi connectivity index (χ3v) is 4.31. The molecule has 0 fully saturated rings. The smallest absolute Gasteiger partial charge is 0.145 e. The molecule has 0 saturated carbocycles. The van der Waals surface area contributed by atoms with Gasteiger partial charge >= 0.3 is 0 Å². The first-order valence-electron chi connectivity index (χ1n) is 7.76. The van der Waals surface area contributed by atoms with Crippen LogP contribution in [0.5, 0.6) is 0 Å². The van der Waals surface area contributed by atoms with Crippen LogP contribution in [0.4, 0.5) is 11.5 Å². The average Bonchev–Trinajstić information content (AvgIpc) is 2.54. The number of nitrogen functional groups attached to an aromatic ring is 1. The third-order valence-electron chi connectivity index (χ3n) is 4.31. The summed E-state index contributed by atoms with van der Waals surface area (Å²) in [6.45, 7) is 4.12. The van der Waals surface area contributed by atoms with Crippen LogP contribution >= 0.6 is 0 Å². The molecule has 3 N–H and O–H groups in total. The molecule has 0 bridgehead atoms. The molecular formula is C17H23N5. The highest BCUT2D eigenvalue weighted by Crippen LogP contribution is 2.31. The summed E-state index contributed by atoms with van der Waals surface area (Å²) in [6, 6.07) is 4.42. The number of nitrogens with zero attached hydrogens (tertiary/aromatic N) is 3. The zero-order valence-corrected chi connectivity index (χ0v) is 13.5. The summed E-state index contributed by atoms with van der Waals surface area (Å²) in [6.07, 6.45) is 3.63. The molecule has 22 heavy (non-hydrogen) atoms. The zero-order chi connectivity index (χ0) is 15.7. The van der Waals surface area contributed by atoms with Gasteiger partial charge in [0.15, 0.2) is 0 Å². The van der Waals surface area contributed by atoms with Crippen LogP contribution in [-0.2, 0) is 19.4 Å². The molecule has 2 heterocycles. The molecule has 1 aromatic heterocycles. The van der Waals surface area contributed by atoms with Gasteiger partial charge in [0.05, 0.1) is 17.6 Å². The van der Waals surface area contributed by atoms with Gasteiger partial charge in [-0.1, -0.05) is 6.92 Å². The van der Waals surface area contributed by atoms with Gasteiger partial charge in [0.25, 0.3) is 0 Å². The monoisotopic (exact) mass is 297 g/mol. The van der Waals surface area contributed by atoms with Crippen molar-refractivity contribution in [2.75, 3.05) is 31.7 Å². The Morgan fingerprint density at radius 1 is 1.36 bits per heavy atom. The highest BCUT2D eigenvalue weighted by Gasteiger charge is 2.18. The summed E-state index contributed by atoms with van der Waals surface area (Å²) < 4.78 is 0. The van der Waals surface area contributed by atoms with Crippen LogP contribution in [0.25, 0.3) is 11.3 Å². The zero-order valence-electron chi connectivity index (χ0n) is 13.5. The Labute approximate surface area is 131 Å². The molecule has 2 aromatic rings. The van der Waals surface area contributed by atoms with Crippen molar-refractivity contribution >= 4 is 11.5 Å². The van der Waals surface area contributed by atoms with Crippen molar-refractivity contribution < 1.29 is 0 Å². The molecule has 5 nitrogen and oxygen atoms in total. The molecule has 116 valence electrons. The lowest BCUT2D eigenvalue weighted by Crippen LogP contribution is -2.27. The molecule has 0 spiro atoms. The number of nitrogens with one attached hydrogen (secondary N) is 1. The Bertz CT molecular complexity index is 678. The van der Waals surface area contributed by atoms with Gasteiger partial charge in [-0.2, -0.15) is 0 Å². The molecule has 0 saturated heterocycles. The molecule has 3 rings (SSSR count). The molecule has 0 unspecified atom stereocenters. The number of hydrogen-bond donors (Lipinski definition) is 2. The fourth-order valence-electron chi connectivity index (χ4n) is 3.01. The maximum atomic E-state index is 5.87. The van der Waals surface area contributed by atoms with E-state index >= 15 is 0 Å². The maximum Gasteiger partial charge on any atom is 0.145 e. The predicted molar refractivity (Wildman–Crippen MR) is 90.8 cm³/mol. The molecule has 0 amide bonds. The van der Waals surface area contributed by atoms with E-state index in [-0.39, 0.29) is 0 Å². The van der Waals surface area contributed by atoms with Crippen LogP contribution in [0.1, 0.15) is 23.7 Å². The first-order chi connectivity index (χ1) is 10.6. The fourth-order valence-corrected chi connectivity index (χ4v) is 3.01. The van der Waals surface area contributed by atoms with Gasteiger partial charge in [0, 0.05) is 31.4 Å². The fraction of sp³-hybridized carbons (Fsp3) is 0.412. The van der Waals surface area contributed by atoms with E-state index in [1.165, 1.54) is 16.8 Å². The molecule has 5 heteroatoms. The quantitative estimate of drug-likeness (QED) is 0.910. The molecule has 0 radical (unpaired) electrons. The maximum absolute atomic E-state index is 5.87. The Balaban J connectivity index is 2.08. The Morgan fingerprint density at radius 3 is 2.91 bits per heavy atom. The lowest BCUT2D eigenvalue weighted by atomic mass is 9.94. The average molecular weight is 297 g/mol. The van der Waals surface area contributed by atoms with Crippen LogP contribution in [0.3, 0.4) is 0 Å². The number of nitrogens with two attached hydrogens (primary N) is 1. The van der Waals surface area contributed by atoms with Crippen molar-refractivity contribution in [2.45, 2.75) is 26.3 Å². The van der Waals surface area contributed by atoms with Crippen LogP contribution in [-0.4, -0.2) is 35.5 Å². The molecule has 1 aromatic carbocycles. The van der Waals surface area contributed by atoms with E-state index in [0.29, 0.717) is 5.82 Å². The van der Waals surface area contributed by atoms with E-state index < -0.39 is 0 Å². The van der Waals surface area contributed by atoms with Gasteiger partial charge in [-0.25, -0.2) is 9.97 Å². The number of hydrogen-bond acceptors (Lipinski definition) is 5. The Morgan fingerprint density at radius 2 is 2.18 bits per heavy atom. The van der Waals surface area contributed by atoms with E-state index in [1.807, 2.05) is 14.0 Å². The number of benzene rings is 1. The van der Waals surface area contributed by atoms with Crippen molar-refractivity contribution in [3.8, 4) is 11.3 Å². The van der Waals surface area contributed by atoms with Crippen LogP contribution in [0.15, 0.2) is 18.3 Å². The van der Waals surface area contributed by atoms with Gasteiger partial charge < -0.3 is 16.0 Å². The highest BCUT2D eigenvalue weighted by atomic mass is 15.1. The summed E-state index contributed by atoms with van der Waals surface area (Å²) in [5.41, 5.74) is 12.7. The summed E-state index contributed by atoms with van der Waals surface area (Å²) in [5, 5.41) is 3.33. The van der Waals surface area contributed by atoms with E-state index in [2.05, 4.69) is 39.4 Å². The minimum absolute atomic E-state index is 0.527. The van der Waals surface area contributed by atoms with Gasteiger partial charge in [0.2, 0.25) is 0 Å². The number of aromatic nitrogens is 2. The predicted octanol–water partition coefficient (Wildman–Crippen LogP) is 2.32. The molecule has 1 aliphatic heterocycles. The van der Waals surface area contributed by atoms with Gasteiger partial charge in [0.1, 0.15) is 5.82 Å². The Kier molecular flexibility index (Phi) is 3.98. The van der Waals surface area contributed by atoms with Crippen molar-refractivity contribution in [1.29, 1.82) is 0 Å². The van der Waals surface area contributed by atoms with Gasteiger partial charge in [-0.05, 0) is 43.1 Å². The van der Waals surface area contributed by atoms with Gasteiger partial charge in [-0.15, -0.1) is 0 Å². The second-order valence-electron chi connectivity index (χ2n) is 5.84. The first kappa shape index (κ1) is 14.8. The van der Waals surface area contributed by atoms with Crippen LogP contribution < -0.4 is 11.1 Å². The highest BCUT2D eigenvalue weighted by molar-refractivity contribution is 5.70. The van der Waals surface area contributed by atoms with Crippen molar-refractivity contribution in [1.82, 2.24) is 14.9 Å². The summed E-state index contributed by atoms with van der Waals surface area (Å²) in [7, 11) is 4.13. The number of aryl methyl sites for hydroxylation is 1. The third kappa shape index (κ3) is 2.64.